The average Bonchev–Trinajstić information content (AvgIpc) is 2.88. The van der Waals surface area contributed by atoms with E-state index in [1.807, 2.05) is 13.8 Å². The number of aromatic nitrogens is 1. The topological polar surface area (TPSA) is 24.9 Å². The highest BCUT2D eigenvalue weighted by molar-refractivity contribution is 9.10. The number of halogens is 4. The maximum absolute atomic E-state index is 13.0. The van der Waals surface area contributed by atoms with Gasteiger partial charge in [-0.1, -0.05) is 26.7 Å². The van der Waals surface area contributed by atoms with E-state index in [1.165, 1.54) is 18.9 Å². The molecule has 1 aromatic rings. The van der Waals surface area contributed by atoms with Crippen molar-refractivity contribution in [1.82, 2.24) is 4.98 Å². The molecule has 1 N–H and O–H groups in total. The quantitative estimate of drug-likeness (QED) is 0.704. The van der Waals surface area contributed by atoms with Gasteiger partial charge in [-0.05, 0) is 46.7 Å². The SMILES string of the molecule is CC(C)c1nc(Br)c(C(F)(F)F)cc1NCC1CCCC1. The second-order valence-corrected chi connectivity index (χ2v) is 6.69. The molecule has 1 aromatic heterocycles. The molecule has 0 bridgehead atoms. The Labute approximate surface area is 131 Å². The number of nitrogens with zero attached hydrogens (tertiary/aromatic N) is 1. The molecule has 1 fully saturated rings. The highest BCUT2D eigenvalue weighted by Gasteiger charge is 2.35. The van der Waals surface area contributed by atoms with E-state index >= 15 is 0 Å². The molecule has 0 radical (unpaired) electrons. The van der Waals surface area contributed by atoms with E-state index in [9.17, 15) is 13.2 Å². The van der Waals surface area contributed by atoms with Gasteiger partial charge in [0.2, 0.25) is 0 Å². The van der Waals surface area contributed by atoms with Crippen LogP contribution < -0.4 is 5.32 Å². The van der Waals surface area contributed by atoms with Gasteiger partial charge >= 0.3 is 6.18 Å². The van der Waals surface area contributed by atoms with Gasteiger partial charge in [0, 0.05) is 6.54 Å². The minimum Gasteiger partial charge on any atom is -0.383 e. The number of nitrogens with one attached hydrogen (secondary N) is 1. The smallest absolute Gasteiger partial charge is 0.383 e. The highest BCUT2D eigenvalue weighted by atomic mass is 79.9. The number of pyridine rings is 1. The molecule has 2 rings (SSSR count). The van der Waals surface area contributed by atoms with E-state index in [-0.39, 0.29) is 10.5 Å². The lowest BCUT2D eigenvalue weighted by Gasteiger charge is -2.19. The fourth-order valence-electron chi connectivity index (χ4n) is 2.75. The van der Waals surface area contributed by atoms with Crippen molar-refractivity contribution in [3.63, 3.8) is 0 Å². The van der Waals surface area contributed by atoms with Crippen LogP contribution in [0.2, 0.25) is 0 Å². The van der Waals surface area contributed by atoms with E-state index in [4.69, 9.17) is 0 Å². The summed E-state index contributed by atoms with van der Waals surface area (Å²) in [7, 11) is 0. The lowest BCUT2D eigenvalue weighted by molar-refractivity contribution is -0.138. The fraction of sp³-hybridized carbons (Fsp3) is 0.667. The second kappa shape index (κ2) is 6.55. The highest BCUT2D eigenvalue weighted by Crippen LogP contribution is 2.38. The minimum absolute atomic E-state index is 0.0645. The van der Waals surface area contributed by atoms with Gasteiger partial charge in [-0.25, -0.2) is 4.98 Å². The van der Waals surface area contributed by atoms with Crippen molar-refractivity contribution in [1.29, 1.82) is 0 Å². The summed E-state index contributed by atoms with van der Waals surface area (Å²) < 4.78 is 38.9. The van der Waals surface area contributed by atoms with Crippen molar-refractivity contribution in [2.75, 3.05) is 11.9 Å². The van der Waals surface area contributed by atoms with Gasteiger partial charge < -0.3 is 5.32 Å². The lowest BCUT2D eigenvalue weighted by Crippen LogP contribution is -2.16. The molecule has 0 aliphatic heterocycles. The van der Waals surface area contributed by atoms with Crippen molar-refractivity contribution < 1.29 is 13.2 Å². The molecule has 0 saturated heterocycles. The molecular formula is C15H20BrF3N2. The van der Waals surface area contributed by atoms with Crippen LogP contribution in [0.15, 0.2) is 10.7 Å². The number of alkyl halides is 3. The van der Waals surface area contributed by atoms with Gasteiger partial charge in [0.25, 0.3) is 0 Å². The minimum atomic E-state index is -4.40. The maximum Gasteiger partial charge on any atom is 0.419 e. The summed E-state index contributed by atoms with van der Waals surface area (Å²) in [5.41, 5.74) is 0.459. The number of anilines is 1. The molecule has 0 spiro atoms. The Kier molecular flexibility index (Phi) is 5.17. The first-order valence-electron chi connectivity index (χ1n) is 7.30. The molecule has 1 aliphatic carbocycles. The van der Waals surface area contributed by atoms with Gasteiger partial charge in [-0.2, -0.15) is 13.2 Å². The molecule has 1 aliphatic rings. The summed E-state index contributed by atoms with van der Waals surface area (Å²) in [5, 5.41) is 3.19. The lowest BCUT2D eigenvalue weighted by atomic mass is 10.0. The zero-order chi connectivity index (χ0) is 15.6. The molecule has 1 heterocycles. The molecule has 6 heteroatoms. The molecule has 21 heavy (non-hydrogen) atoms. The van der Waals surface area contributed by atoms with Crippen molar-refractivity contribution in [2.45, 2.75) is 51.6 Å². The number of hydrogen-bond acceptors (Lipinski definition) is 2. The monoisotopic (exact) mass is 364 g/mol. The molecule has 118 valence electrons. The van der Waals surface area contributed by atoms with Gasteiger partial charge in [-0.3, -0.25) is 0 Å². The summed E-state index contributed by atoms with van der Waals surface area (Å²) in [6, 6.07) is 1.18. The van der Waals surface area contributed by atoms with E-state index in [0.717, 1.165) is 19.4 Å². The van der Waals surface area contributed by atoms with Crippen LogP contribution in [0.25, 0.3) is 0 Å². The molecule has 1 saturated carbocycles. The van der Waals surface area contributed by atoms with E-state index < -0.39 is 11.7 Å². The van der Waals surface area contributed by atoms with Crippen LogP contribution in [-0.4, -0.2) is 11.5 Å². The normalized spacial score (nSPS) is 16.7. The van der Waals surface area contributed by atoms with Crippen LogP contribution in [0, 0.1) is 5.92 Å². The van der Waals surface area contributed by atoms with E-state index in [1.54, 1.807) is 0 Å². The second-order valence-electron chi connectivity index (χ2n) is 5.94. The van der Waals surface area contributed by atoms with Crippen LogP contribution in [0.5, 0.6) is 0 Å². The van der Waals surface area contributed by atoms with Crippen molar-refractivity contribution in [3.8, 4) is 0 Å². The molecule has 0 aromatic carbocycles. The standard InChI is InChI=1S/C15H20BrF3N2/c1-9(2)13-12(20-8-10-5-3-4-6-10)7-11(14(16)21-13)15(17,18)19/h7,9-10,20H,3-6,8H2,1-2H3. The zero-order valence-electron chi connectivity index (χ0n) is 12.2. The summed E-state index contributed by atoms with van der Waals surface area (Å²) in [4.78, 5) is 4.12. The van der Waals surface area contributed by atoms with E-state index in [2.05, 4.69) is 26.2 Å². The summed E-state index contributed by atoms with van der Waals surface area (Å²) in [5.74, 6) is 0.623. The molecule has 2 nitrogen and oxygen atoms in total. The summed E-state index contributed by atoms with van der Waals surface area (Å²) in [6.07, 6.45) is 0.344. The fourth-order valence-corrected chi connectivity index (χ4v) is 3.28. The molecular weight excluding hydrogens is 345 g/mol. The van der Waals surface area contributed by atoms with Crippen molar-refractivity contribution >= 4 is 21.6 Å². The van der Waals surface area contributed by atoms with Crippen LogP contribution >= 0.6 is 15.9 Å². The van der Waals surface area contributed by atoms with Gasteiger partial charge in [0.15, 0.2) is 0 Å². The third-order valence-corrected chi connectivity index (χ3v) is 4.52. The Morgan fingerprint density at radius 1 is 1.33 bits per heavy atom. The van der Waals surface area contributed by atoms with Crippen molar-refractivity contribution in [3.05, 3.63) is 21.9 Å². The van der Waals surface area contributed by atoms with Gasteiger partial charge in [-0.15, -0.1) is 0 Å². The third kappa shape index (κ3) is 4.11. The van der Waals surface area contributed by atoms with Crippen molar-refractivity contribution in [2.24, 2.45) is 5.92 Å². The largest absolute Gasteiger partial charge is 0.419 e. The Bertz CT molecular complexity index is 494. The van der Waals surface area contributed by atoms with Gasteiger partial charge in [0.1, 0.15) is 4.60 Å². The predicted octanol–water partition coefficient (Wildman–Crippen LogP) is 5.59. The first-order chi connectivity index (χ1) is 9.79. The van der Waals surface area contributed by atoms with Crippen LogP contribution in [0.4, 0.5) is 18.9 Å². The average molecular weight is 365 g/mol. The Hall–Kier alpha value is -0.780. The number of rotatable bonds is 4. The third-order valence-electron chi connectivity index (χ3n) is 3.91. The molecule has 0 amide bonds. The Balaban J connectivity index is 2.27. The van der Waals surface area contributed by atoms with Crippen LogP contribution in [-0.2, 0) is 6.18 Å². The van der Waals surface area contributed by atoms with Gasteiger partial charge in [0.05, 0.1) is 16.9 Å². The van der Waals surface area contributed by atoms with E-state index in [0.29, 0.717) is 17.3 Å². The molecule has 0 atom stereocenters. The van der Waals surface area contributed by atoms with Crippen LogP contribution in [0.3, 0.4) is 0 Å². The first-order valence-corrected chi connectivity index (χ1v) is 8.10. The Morgan fingerprint density at radius 2 is 1.95 bits per heavy atom. The summed E-state index contributed by atoms with van der Waals surface area (Å²) >= 11 is 2.94. The Morgan fingerprint density at radius 3 is 2.48 bits per heavy atom. The predicted molar refractivity (Wildman–Crippen MR) is 81.5 cm³/mol. The number of hydrogen-bond donors (Lipinski definition) is 1. The first kappa shape index (κ1) is 16.6. The maximum atomic E-state index is 13.0. The zero-order valence-corrected chi connectivity index (χ0v) is 13.8. The molecule has 0 unspecified atom stereocenters. The van der Waals surface area contributed by atoms with Crippen LogP contribution in [0.1, 0.15) is 56.7 Å². The summed E-state index contributed by atoms with van der Waals surface area (Å²) in [6.45, 7) is 4.59.